The van der Waals surface area contributed by atoms with Crippen molar-refractivity contribution in [1.29, 1.82) is 0 Å². The zero-order valence-electron chi connectivity index (χ0n) is 14.0. The summed E-state index contributed by atoms with van der Waals surface area (Å²) in [5, 5.41) is 5.39. The van der Waals surface area contributed by atoms with Crippen LogP contribution in [0.4, 0.5) is 0 Å². The number of benzene rings is 1. The van der Waals surface area contributed by atoms with Crippen LogP contribution in [-0.2, 0) is 14.3 Å². The second-order valence-corrected chi connectivity index (χ2v) is 5.68. The lowest BCUT2D eigenvalue weighted by atomic mass is 10.0. The first-order valence-electron chi connectivity index (χ1n) is 7.57. The number of carbonyl (C=O) groups is 3. The van der Waals surface area contributed by atoms with E-state index in [1.807, 2.05) is 26.8 Å². The predicted molar refractivity (Wildman–Crippen MR) is 86.9 cm³/mol. The Balaban J connectivity index is 2.65. The minimum absolute atomic E-state index is 0.0816. The molecule has 0 aliphatic heterocycles. The van der Waals surface area contributed by atoms with Crippen molar-refractivity contribution in [2.75, 3.05) is 13.7 Å². The minimum Gasteiger partial charge on any atom is -0.469 e. The molecular formula is C17H24N2O4. The zero-order chi connectivity index (χ0) is 17.4. The van der Waals surface area contributed by atoms with Gasteiger partial charge in [0.25, 0.3) is 5.91 Å². The fourth-order valence-electron chi connectivity index (χ4n) is 2.05. The number of methoxy groups -OCH3 is 1. The maximum absolute atomic E-state index is 12.3. The number of ether oxygens (including phenoxy) is 1. The van der Waals surface area contributed by atoms with E-state index in [4.69, 9.17) is 0 Å². The van der Waals surface area contributed by atoms with E-state index in [9.17, 15) is 14.4 Å². The third-order valence-electron chi connectivity index (χ3n) is 3.37. The lowest BCUT2D eigenvalue weighted by Gasteiger charge is -2.21. The van der Waals surface area contributed by atoms with Gasteiger partial charge in [0.15, 0.2) is 0 Å². The van der Waals surface area contributed by atoms with Gasteiger partial charge >= 0.3 is 5.97 Å². The summed E-state index contributed by atoms with van der Waals surface area (Å²) in [7, 11) is 1.29. The summed E-state index contributed by atoms with van der Waals surface area (Å²) in [5.41, 5.74) is 1.49. The molecule has 0 heterocycles. The molecule has 0 spiro atoms. The van der Waals surface area contributed by atoms with Gasteiger partial charge in [0.1, 0.15) is 6.04 Å². The van der Waals surface area contributed by atoms with Crippen LogP contribution < -0.4 is 10.6 Å². The van der Waals surface area contributed by atoms with Crippen LogP contribution in [0, 0.1) is 12.8 Å². The number of esters is 1. The van der Waals surface area contributed by atoms with Gasteiger partial charge in [-0.2, -0.15) is 0 Å². The Bertz CT molecular complexity index is 569. The van der Waals surface area contributed by atoms with Gasteiger partial charge in [-0.1, -0.05) is 31.5 Å². The molecule has 0 aliphatic carbocycles. The van der Waals surface area contributed by atoms with Crippen LogP contribution >= 0.6 is 0 Å². The van der Waals surface area contributed by atoms with Crippen molar-refractivity contribution in [3.63, 3.8) is 0 Å². The number of nitrogens with one attached hydrogen (secondary N) is 2. The Morgan fingerprint density at radius 3 is 2.48 bits per heavy atom. The van der Waals surface area contributed by atoms with E-state index >= 15 is 0 Å². The molecule has 126 valence electrons. The van der Waals surface area contributed by atoms with Gasteiger partial charge in [0, 0.05) is 12.1 Å². The molecule has 1 unspecified atom stereocenters. The lowest BCUT2D eigenvalue weighted by molar-refractivity contribution is -0.140. The molecule has 2 amide bonds. The van der Waals surface area contributed by atoms with Crippen LogP contribution in [0.3, 0.4) is 0 Å². The van der Waals surface area contributed by atoms with Crippen LogP contribution in [0.1, 0.15) is 36.2 Å². The first-order valence-corrected chi connectivity index (χ1v) is 7.57. The van der Waals surface area contributed by atoms with Gasteiger partial charge in [-0.15, -0.1) is 0 Å². The lowest BCUT2D eigenvalue weighted by Crippen LogP contribution is -2.50. The Hall–Kier alpha value is -2.37. The topological polar surface area (TPSA) is 84.5 Å². The summed E-state index contributed by atoms with van der Waals surface area (Å²) in [6.45, 7) is 5.77. The molecule has 0 bridgehead atoms. The van der Waals surface area contributed by atoms with Crippen LogP contribution in [0.2, 0.25) is 0 Å². The summed E-state index contributed by atoms with van der Waals surface area (Å²) in [5.74, 6) is -1.09. The molecule has 1 rings (SSSR count). The van der Waals surface area contributed by atoms with Crippen molar-refractivity contribution >= 4 is 17.8 Å². The fourth-order valence-corrected chi connectivity index (χ4v) is 2.05. The number of amides is 2. The first kappa shape index (κ1) is 18.7. The number of aryl methyl sites for hydroxylation is 1. The molecule has 0 saturated heterocycles. The molecule has 1 atom stereocenters. The molecule has 0 fully saturated rings. The van der Waals surface area contributed by atoms with E-state index in [0.29, 0.717) is 5.56 Å². The van der Waals surface area contributed by atoms with Gasteiger partial charge in [0.05, 0.1) is 13.5 Å². The Morgan fingerprint density at radius 2 is 1.91 bits per heavy atom. The van der Waals surface area contributed by atoms with E-state index in [-0.39, 0.29) is 30.7 Å². The van der Waals surface area contributed by atoms with Crippen molar-refractivity contribution in [2.45, 2.75) is 33.2 Å². The van der Waals surface area contributed by atoms with E-state index in [1.165, 1.54) is 7.11 Å². The van der Waals surface area contributed by atoms with Crippen LogP contribution in [-0.4, -0.2) is 37.5 Å². The largest absolute Gasteiger partial charge is 0.469 e. The van der Waals surface area contributed by atoms with Crippen molar-refractivity contribution < 1.29 is 19.1 Å². The van der Waals surface area contributed by atoms with Crippen molar-refractivity contribution in [3.8, 4) is 0 Å². The van der Waals surface area contributed by atoms with E-state index in [1.54, 1.807) is 18.2 Å². The highest BCUT2D eigenvalue weighted by Crippen LogP contribution is 2.07. The van der Waals surface area contributed by atoms with Crippen molar-refractivity contribution in [3.05, 3.63) is 35.4 Å². The summed E-state index contributed by atoms with van der Waals surface area (Å²) >= 11 is 0. The highest BCUT2D eigenvalue weighted by atomic mass is 16.5. The van der Waals surface area contributed by atoms with Crippen LogP contribution in [0.5, 0.6) is 0 Å². The van der Waals surface area contributed by atoms with Crippen molar-refractivity contribution in [1.82, 2.24) is 10.6 Å². The second kappa shape index (κ2) is 8.92. The van der Waals surface area contributed by atoms with Crippen molar-refractivity contribution in [2.24, 2.45) is 5.92 Å². The predicted octanol–water partition coefficient (Wildman–Crippen LogP) is 1.43. The first-order chi connectivity index (χ1) is 10.8. The van der Waals surface area contributed by atoms with E-state index in [2.05, 4.69) is 15.4 Å². The normalized spacial score (nSPS) is 11.7. The summed E-state index contributed by atoms with van der Waals surface area (Å²) in [6, 6.07) is 6.50. The number of carbonyl (C=O) groups excluding carboxylic acids is 3. The third-order valence-corrected chi connectivity index (χ3v) is 3.37. The number of hydrogen-bond donors (Lipinski definition) is 2. The molecule has 6 nitrogen and oxygen atoms in total. The third kappa shape index (κ3) is 6.10. The molecule has 1 aromatic rings. The van der Waals surface area contributed by atoms with Gasteiger partial charge in [-0.3, -0.25) is 14.4 Å². The molecular weight excluding hydrogens is 296 g/mol. The second-order valence-electron chi connectivity index (χ2n) is 5.68. The smallest absolute Gasteiger partial charge is 0.307 e. The molecule has 0 aromatic heterocycles. The summed E-state index contributed by atoms with van der Waals surface area (Å²) < 4.78 is 4.51. The molecule has 0 radical (unpaired) electrons. The Kier molecular flexibility index (Phi) is 7.25. The van der Waals surface area contributed by atoms with Gasteiger partial charge < -0.3 is 15.4 Å². The standard InChI is InChI=1S/C17H24N2O4/c1-11(2)15(17(22)18-9-8-14(20)23-4)19-16(21)13-7-5-6-12(3)10-13/h5-7,10-11,15H,8-9H2,1-4H3,(H,18,22)(H,19,21). The average Bonchev–Trinajstić information content (AvgIpc) is 2.51. The van der Waals surface area contributed by atoms with Gasteiger partial charge in [0.2, 0.25) is 5.91 Å². The van der Waals surface area contributed by atoms with E-state index in [0.717, 1.165) is 5.56 Å². The SMILES string of the molecule is COC(=O)CCNC(=O)C(NC(=O)c1cccc(C)c1)C(C)C. The average molecular weight is 320 g/mol. The Morgan fingerprint density at radius 1 is 1.22 bits per heavy atom. The molecule has 0 aliphatic rings. The monoisotopic (exact) mass is 320 g/mol. The summed E-state index contributed by atoms with van der Waals surface area (Å²) in [4.78, 5) is 35.5. The highest BCUT2D eigenvalue weighted by molar-refractivity contribution is 5.97. The van der Waals surface area contributed by atoms with Crippen LogP contribution in [0.15, 0.2) is 24.3 Å². The molecule has 2 N–H and O–H groups in total. The molecule has 6 heteroatoms. The van der Waals surface area contributed by atoms with Gasteiger partial charge in [-0.05, 0) is 25.0 Å². The fraction of sp³-hybridized carbons (Fsp3) is 0.471. The maximum atomic E-state index is 12.3. The zero-order valence-corrected chi connectivity index (χ0v) is 14.0. The highest BCUT2D eigenvalue weighted by Gasteiger charge is 2.24. The Labute approximate surface area is 136 Å². The molecule has 23 heavy (non-hydrogen) atoms. The molecule has 0 saturated carbocycles. The number of hydrogen-bond acceptors (Lipinski definition) is 4. The quantitative estimate of drug-likeness (QED) is 0.744. The molecule has 1 aromatic carbocycles. The van der Waals surface area contributed by atoms with Crippen LogP contribution in [0.25, 0.3) is 0 Å². The van der Waals surface area contributed by atoms with Gasteiger partial charge in [-0.25, -0.2) is 0 Å². The summed E-state index contributed by atoms with van der Waals surface area (Å²) in [6.07, 6.45) is 0.0961. The number of rotatable bonds is 7. The minimum atomic E-state index is -0.666. The maximum Gasteiger partial charge on any atom is 0.307 e. The van der Waals surface area contributed by atoms with E-state index < -0.39 is 12.0 Å².